The average Bonchev–Trinajstić information content (AvgIpc) is 2.09. The van der Waals surface area contributed by atoms with Crippen LogP contribution < -0.4 is 5.32 Å². The Bertz CT molecular complexity index is 291. The van der Waals surface area contributed by atoms with Crippen molar-refractivity contribution >= 4 is 0 Å². The van der Waals surface area contributed by atoms with Crippen LogP contribution in [0.3, 0.4) is 0 Å². The van der Waals surface area contributed by atoms with E-state index >= 15 is 0 Å². The van der Waals surface area contributed by atoms with Crippen molar-refractivity contribution in [2.45, 2.75) is 6.42 Å². The summed E-state index contributed by atoms with van der Waals surface area (Å²) in [6.45, 7) is 0.564. The van der Waals surface area contributed by atoms with Crippen LogP contribution in [-0.2, 0) is 6.42 Å². The third kappa shape index (κ3) is 2.17. The number of aromatic hydroxyl groups is 1. The van der Waals surface area contributed by atoms with E-state index in [1.54, 1.807) is 12.1 Å². The number of para-hydroxylation sites is 1. The van der Waals surface area contributed by atoms with Crippen LogP contribution in [0.15, 0.2) is 24.3 Å². The van der Waals surface area contributed by atoms with E-state index < -0.39 is 0 Å². The summed E-state index contributed by atoms with van der Waals surface area (Å²) in [6.07, 6.45) is 2.49. The monoisotopic (exact) mass is 162 g/mol. The zero-order valence-corrected chi connectivity index (χ0v) is 6.62. The molecular weight excluding hydrogens is 152 g/mol. The summed E-state index contributed by atoms with van der Waals surface area (Å²) in [7, 11) is 0. The van der Waals surface area contributed by atoms with Gasteiger partial charge in [0.1, 0.15) is 5.75 Å². The number of rotatable bonds is 3. The van der Waals surface area contributed by atoms with Gasteiger partial charge < -0.3 is 10.4 Å². The van der Waals surface area contributed by atoms with Gasteiger partial charge in [0.15, 0.2) is 6.19 Å². The van der Waals surface area contributed by atoms with Gasteiger partial charge in [-0.05, 0) is 18.1 Å². The lowest BCUT2D eigenvalue weighted by Crippen LogP contribution is -2.09. The molecule has 62 valence electrons. The molecule has 0 bridgehead atoms. The van der Waals surface area contributed by atoms with Gasteiger partial charge in [0.05, 0.1) is 0 Å². The van der Waals surface area contributed by atoms with Crippen LogP contribution in [0.4, 0.5) is 0 Å². The third-order valence-corrected chi connectivity index (χ3v) is 1.59. The summed E-state index contributed by atoms with van der Waals surface area (Å²) in [5.74, 6) is 0.289. The van der Waals surface area contributed by atoms with E-state index in [1.165, 1.54) is 0 Å². The first-order valence-electron chi connectivity index (χ1n) is 3.73. The Hall–Kier alpha value is -1.69. The van der Waals surface area contributed by atoms with Gasteiger partial charge >= 0.3 is 0 Å². The van der Waals surface area contributed by atoms with Crippen LogP contribution in [0, 0.1) is 11.5 Å². The molecule has 1 aromatic carbocycles. The van der Waals surface area contributed by atoms with Crippen molar-refractivity contribution in [3.63, 3.8) is 0 Å². The number of phenolic OH excluding ortho intramolecular Hbond substituents is 1. The standard InChI is InChI=1S/C9H10N2O/c10-7-11-6-5-8-3-1-2-4-9(8)12/h1-4,11-12H,5-6H2. The highest BCUT2D eigenvalue weighted by Gasteiger charge is 1.97. The molecule has 0 unspecified atom stereocenters. The van der Waals surface area contributed by atoms with Crippen molar-refractivity contribution in [2.75, 3.05) is 6.54 Å². The highest BCUT2D eigenvalue weighted by atomic mass is 16.3. The quantitative estimate of drug-likeness (QED) is 0.396. The van der Waals surface area contributed by atoms with Crippen molar-refractivity contribution in [1.82, 2.24) is 5.32 Å². The molecule has 0 aliphatic heterocycles. The second-order valence-corrected chi connectivity index (χ2v) is 2.42. The molecule has 0 aromatic heterocycles. The van der Waals surface area contributed by atoms with Crippen LogP contribution >= 0.6 is 0 Å². The van der Waals surface area contributed by atoms with Gasteiger partial charge in [-0.25, -0.2) is 0 Å². The number of nitrogens with one attached hydrogen (secondary N) is 1. The lowest BCUT2D eigenvalue weighted by molar-refractivity contribution is 0.467. The molecule has 1 aromatic rings. The molecule has 0 aliphatic carbocycles. The molecular formula is C9H10N2O. The molecule has 12 heavy (non-hydrogen) atoms. The van der Waals surface area contributed by atoms with Gasteiger partial charge in [0.2, 0.25) is 0 Å². The van der Waals surface area contributed by atoms with E-state index in [9.17, 15) is 5.11 Å². The molecule has 1 rings (SSSR count). The van der Waals surface area contributed by atoms with E-state index in [4.69, 9.17) is 5.26 Å². The Balaban J connectivity index is 2.53. The zero-order valence-electron chi connectivity index (χ0n) is 6.62. The van der Waals surface area contributed by atoms with E-state index in [1.807, 2.05) is 18.3 Å². The summed E-state index contributed by atoms with van der Waals surface area (Å²) in [5.41, 5.74) is 0.861. The fraction of sp³-hybridized carbons (Fsp3) is 0.222. The van der Waals surface area contributed by atoms with Gasteiger partial charge in [0, 0.05) is 6.54 Å². The number of benzene rings is 1. The molecule has 0 atom stereocenters. The fourth-order valence-electron chi connectivity index (χ4n) is 0.975. The average molecular weight is 162 g/mol. The summed E-state index contributed by atoms with van der Waals surface area (Å²) >= 11 is 0. The van der Waals surface area contributed by atoms with Crippen molar-refractivity contribution < 1.29 is 5.11 Å². The SMILES string of the molecule is N#CNCCc1ccccc1O. The lowest BCUT2D eigenvalue weighted by atomic mass is 10.1. The predicted molar refractivity (Wildman–Crippen MR) is 45.4 cm³/mol. The number of nitriles is 1. The second kappa shape index (κ2) is 4.24. The summed E-state index contributed by atoms with van der Waals surface area (Å²) in [6, 6.07) is 7.12. The van der Waals surface area contributed by atoms with E-state index in [2.05, 4.69) is 5.32 Å². The van der Waals surface area contributed by atoms with Crippen LogP contribution in [0.1, 0.15) is 5.56 Å². The van der Waals surface area contributed by atoms with Crippen LogP contribution in [0.2, 0.25) is 0 Å². The molecule has 0 aliphatic rings. The summed E-state index contributed by atoms with van der Waals surface area (Å²) < 4.78 is 0. The molecule has 3 heteroatoms. The Morgan fingerprint density at radius 2 is 2.17 bits per heavy atom. The highest BCUT2D eigenvalue weighted by Crippen LogP contribution is 2.15. The highest BCUT2D eigenvalue weighted by molar-refractivity contribution is 5.31. The molecule has 0 saturated heterocycles. The van der Waals surface area contributed by atoms with Gasteiger partial charge in [-0.2, -0.15) is 5.26 Å². The van der Waals surface area contributed by atoms with Crippen molar-refractivity contribution in [2.24, 2.45) is 0 Å². The predicted octanol–water partition coefficient (Wildman–Crippen LogP) is 1.01. The van der Waals surface area contributed by atoms with Gasteiger partial charge in [0.25, 0.3) is 0 Å². The van der Waals surface area contributed by atoms with Crippen LogP contribution in [0.5, 0.6) is 5.75 Å². The zero-order chi connectivity index (χ0) is 8.81. The van der Waals surface area contributed by atoms with Crippen molar-refractivity contribution in [3.8, 4) is 11.9 Å². The molecule has 0 radical (unpaired) electrons. The van der Waals surface area contributed by atoms with E-state index in [-0.39, 0.29) is 5.75 Å². The second-order valence-electron chi connectivity index (χ2n) is 2.42. The maximum absolute atomic E-state index is 9.30. The number of phenols is 1. The molecule has 0 heterocycles. The summed E-state index contributed by atoms with van der Waals surface area (Å²) in [5, 5.41) is 20.0. The largest absolute Gasteiger partial charge is 0.508 e. The van der Waals surface area contributed by atoms with Gasteiger partial charge in [-0.1, -0.05) is 18.2 Å². The molecule has 2 N–H and O–H groups in total. The molecule has 0 saturated carbocycles. The minimum atomic E-state index is 0.289. The number of hydrogen-bond acceptors (Lipinski definition) is 3. The first-order valence-corrected chi connectivity index (χ1v) is 3.73. The fourth-order valence-corrected chi connectivity index (χ4v) is 0.975. The Morgan fingerprint density at radius 3 is 2.83 bits per heavy atom. The van der Waals surface area contributed by atoms with E-state index in [0.717, 1.165) is 5.56 Å². The molecule has 0 fully saturated rings. The maximum atomic E-state index is 9.30. The van der Waals surface area contributed by atoms with Gasteiger partial charge in [-0.3, -0.25) is 0 Å². The third-order valence-electron chi connectivity index (χ3n) is 1.59. The molecule has 0 spiro atoms. The first kappa shape index (κ1) is 8.41. The first-order chi connectivity index (χ1) is 5.84. The van der Waals surface area contributed by atoms with Crippen molar-refractivity contribution in [1.29, 1.82) is 5.26 Å². The maximum Gasteiger partial charge on any atom is 0.176 e. The summed E-state index contributed by atoms with van der Waals surface area (Å²) in [4.78, 5) is 0. The topological polar surface area (TPSA) is 56.0 Å². The lowest BCUT2D eigenvalue weighted by Gasteiger charge is -2.01. The van der Waals surface area contributed by atoms with E-state index in [0.29, 0.717) is 13.0 Å². The van der Waals surface area contributed by atoms with Gasteiger partial charge in [-0.15, -0.1) is 0 Å². The van der Waals surface area contributed by atoms with Crippen LogP contribution in [0.25, 0.3) is 0 Å². The smallest absolute Gasteiger partial charge is 0.176 e. The minimum absolute atomic E-state index is 0.289. The number of hydrogen-bond donors (Lipinski definition) is 2. The Morgan fingerprint density at radius 1 is 1.42 bits per heavy atom. The number of nitrogens with zero attached hydrogens (tertiary/aromatic N) is 1. The Labute approximate surface area is 71.3 Å². The molecule has 0 amide bonds. The molecule has 3 nitrogen and oxygen atoms in total. The Kier molecular flexibility index (Phi) is 2.97. The normalized spacial score (nSPS) is 8.92. The van der Waals surface area contributed by atoms with Crippen molar-refractivity contribution in [3.05, 3.63) is 29.8 Å². The minimum Gasteiger partial charge on any atom is -0.508 e. The van der Waals surface area contributed by atoms with Crippen LogP contribution in [-0.4, -0.2) is 11.7 Å².